The van der Waals surface area contributed by atoms with E-state index in [-0.39, 0.29) is 12.4 Å². The van der Waals surface area contributed by atoms with Gasteiger partial charge in [-0.05, 0) is 23.8 Å². The van der Waals surface area contributed by atoms with E-state index in [0.717, 1.165) is 18.3 Å². The molecule has 0 aliphatic heterocycles. The van der Waals surface area contributed by atoms with Gasteiger partial charge < -0.3 is 15.2 Å². The number of nitrogens with zero attached hydrogens (tertiary/aromatic N) is 3. The number of ether oxygens (including phenoxy) is 1. The Bertz CT molecular complexity index is 1070. The number of nitrogens with one attached hydrogen (secondary N) is 2. The highest BCUT2D eigenvalue weighted by Gasteiger charge is 2.41. The van der Waals surface area contributed by atoms with E-state index in [1.54, 1.807) is 24.3 Å². The van der Waals surface area contributed by atoms with E-state index >= 15 is 0 Å². The van der Waals surface area contributed by atoms with Gasteiger partial charge in [0.15, 0.2) is 11.5 Å². The van der Waals surface area contributed by atoms with Gasteiger partial charge in [-0.1, -0.05) is 12.1 Å². The highest BCUT2D eigenvalue weighted by atomic mass is 19.4. The van der Waals surface area contributed by atoms with Crippen LogP contribution in [0.1, 0.15) is 27.7 Å². The topological polar surface area (TPSA) is 122 Å². The monoisotopic (exact) mass is 423 g/mol. The molecule has 0 saturated carbocycles. The van der Waals surface area contributed by atoms with Crippen molar-refractivity contribution in [2.24, 2.45) is 0 Å². The molecule has 0 radical (unpaired) electrons. The number of aliphatic hydroxyl groups is 1. The summed E-state index contributed by atoms with van der Waals surface area (Å²) in [6, 6.07) is 8.35. The Kier molecular flexibility index (Phi) is 5.87. The van der Waals surface area contributed by atoms with Crippen molar-refractivity contribution < 1.29 is 27.8 Å². The van der Waals surface area contributed by atoms with Gasteiger partial charge in [0, 0.05) is 12.6 Å². The lowest BCUT2D eigenvalue weighted by atomic mass is 10.1. The summed E-state index contributed by atoms with van der Waals surface area (Å²) in [4.78, 5) is 23.5. The van der Waals surface area contributed by atoms with Crippen molar-refractivity contribution in [2.75, 3.05) is 13.7 Å². The number of aromatic amines is 1. The Hall–Kier alpha value is -3.67. The van der Waals surface area contributed by atoms with Crippen molar-refractivity contribution in [1.29, 1.82) is 0 Å². The van der Waals surface area contributed by atoms with Crippen molar-refractivity contribution in [1.82, 2.24) is 25.3 Å². The largest absolute Gasteiger partial charge is 0.497 e. The normalized spacial score (nSPS) is 12.4. The molecular weight excluding hydrogens is 407 g/mol. The second-order valence-corrected chi connectivity index (χ2v) is 6.09. The molecule has 12 heteroatoms. The number of methoxy groups -OCH3 is 1. The zero-order valence-corrected chi connectivity index (χ0v) is 15.5. The third-order valence-corrected chi connectivity index (χ3v) is 4.12. The molecule has 0 aliphatic rings. The summed E-state index contributed by atoms with van der Waals surface area (Å²) < 4.78 is 46.2. The second kappa shape index (κ2) is 8.37. The Balaban J connectivity index is 1.81. The van der Waals surface area contributed by atoms with Crippen LogP contribution in [0.15, 0.2) is 47.4 Å². The van der Waals surface area contributed by atoms with Gasteiger partial charge in [0.1, 0.15) is 5.75 Å². The lowest BCUT2D eigenvalue weighted by Gasteiger charge is -2.14. The molecule has 2 heterocycles. The summed E-state index contributed by atoms with van der Waals surface area (Å²) in [7, 11) is 1.48. The smallest absolute Gasteiger partial charge is 0.434 e. The molecule has 0 saturated heterocycles. The van der Waals surface area contributed by atoms with Gasteiger partial charge in [-0.3, -0.25) is 9.59 Å². The predicted molar refractivity (Wildman–Crippen MR) is 97.3 cm³/mol. The number of amides is 1. The molecular formula is C18H16F3N5O4. The zero-order chi connectivity index (χ0) is 21.9. The number of rotatable bonds is 6. The first-order chi connectivity index (χ1) is 14.2. The van der Waals surface area contributed by atoms with Crippen molar-refractivity contribution >= 4 is 5.91 Å². The van der Waals surface area contributed by atoms with E-state index in [4.69, 9.17) is 4.74 Å². The van der Waals surface area contributed by atoms with Crippen molar-refractivity contribution in [2.45, 2.75) is 12.3 Å². The number of halogens is 3. The molecule has 3 rings (SSSR count). The first-order valence-electron chi connectivity index (χ1n) is 8.52. The van der Waals surface area contributed by atoms with E-state index in [2.05, 4.69) is 15.5 Å². The Morgan fingerprint density at radius 1 is 1.27 bits per heavy atom. The summed E-state index contributed by atoms with van der Waals surface area (Å²) in [6.07, 6.45) is -5.34. The van der Waals surface area contributed by atoms with Crippen molar-refractivity contribution in [3.63, 3.8) is 0 Å². The van der Waals surface area contributed by atoms with Crippen LogP contribution in [0, 0.1) is 0 Å². The van der Waals surface area contributed by atoms with Crippen LogP contribution in [0.2, 0.25) is 0 Å². The van der Waals surface area contributed by atoms with E-state index in [9.17, 15) is 27.9 Å². The van der Waals surface area contributed by atoms with Gasteiger partial charge in [0.25, 0.3) is 11.5 Å². The molecule has 3 aromatic rings. The number of hydrogen-bond donors (Lipinski definition) is 3. The quantitative estimate of drug-likeness (QED) is 0.552. The molecule has 158 valence electrons. The first kappa shape index (κ1) is 21.0. The fourth-order valence-electron chi connectivity index (χ4n) is 2.64. The molecule has 9 nitrogen and oxygen atoms in total. The maximum atomic E-state index is 13.6. The SMILES string of the molecule is COc1ccc([C@@H](O)CNC(=O)c2cnn(-c3ccc(=O)[nH]n3)c2C(F)(F)F)cc1. The van der Waals surface area contributed by atoms with Crippen LogP contribution in [0.4, 0.5) is 13.2 Å². The molecule has 0 aliphatic carbocycles. The molecule has 0 unspecified atom stereocenters. The summed E-state index contributed by atoms with van der Waals surface area (Å²) >= 11 is 0. The Morgan fingerprint density at radius 3 is 2.53 bits per heavy atom. The third-order valence-electron chi connectivity index (χ3n) is 4.12. The number of alkyl halides is 3. The van der Waals surface area contributed by atoms with E-state index in [0.29, 0.717) is 16.0 Å². The number of aromatic nitrogens is 4. The van der Waals surface area contributed by atoms with Crippen molar-refractivity contribution in [3.8, 4) is 11.6 Å². The Morgan fingerprint density at radius 2 is 1.97 bits per heavy atom. The number of H-pyrrole nitrogens is 1. The van der Waals surface area contributed by atoms with Gasteiger partial charge in [0.2, 0.25) is 0 Å². The van der Waals surface area contributed by atoms with Crippen LogP contribution in [0.3, 0.4) is 0 Å². The van der Waals surface area contributed by atoms with Crippen molar-refractivity contribution in [3.05, 3.63) is 69.8 Å². The van der Waals surface area contributed by atoms with Crippen LogP contribution < -0.4 is 15.6 Å². The number of carbonyl (C=O) groups is 1. The second-order valence-electron chi connectivity index (χ2n) is 6.09. The maximum Gasteiger partial charge on any atom is 0.434 e. The third kappa shape index (κ3) is 4.49. The summed E-state index contributed by atoms with van der Waals surface area (Å²) in [5, 5.41) is 21.5. The molecule has 2 aromatic heterocycles. The molecule has 0 fully saturated rings. The molecule has 1 aromatic carbocycles. The van der Waals surface area contributed by atoms with Gasteiger partial charge in [0.05, 0.1) is 25.0 Å². The van der Waals surface area contributed by atoms with Crippen LogP contribution in [0.5, 0.6) is 5.75 Å². The predicted octanol–water partition coefficient (Wildman–Crippen LogP) is 1.45. The molecule has 3 N–H and O–H groups in total. The lowest BCUT2D eigenvalue weighted by molar-refractivity contribution is -0.143. The summed E-state index contributed by atoms with van der Waals surface area (Å²) in [6.45, 7) is -0.329. The first-order valence-corrected chi connectivity index (χ1v) is 8.52. The van der Waals surface area contributed by atoms with Crippen LogP contribution in [-0.2, 0) is 6.18 Å². The van der Waals surface area contributed by atoms with Gasteiger partial charge in [-0.25, -0.2) is 9.78 Å². The van der Waals surface area contributed by atoms with Crippen LogP contribution in [0.25, 0.3) is 5.82 Å². The Labute approximate surface area is 167 Å². The fourth-order valence-corrected chi connectivity index (χ4v) is 2.64. The van der Waals surface area contributed by atoms with Crippen LogP contribution >= 0.6 is 0 Å². The maximum absolute atomic E-state index is 13.6. The standard InChI is InChI=1S/C18H16F3N5O4/c1-30-11-4-2-10(3-5-11)13(27)9-22-17(29)12-8-23-26(16(12)18(19,20)21)14-6-7-15(28)25-24-14/h2-8,13,27H,9H2,1H3,(H,22,29)(H,25,28)/t13-/m0/s1. The minimum absolute atomic E-state index is 0.320. The zero-order valence-electron chi connectivity index (χ0n) is 15.5. The van der Waals surface area contributed by atoms with Gasteiger partial charge >= 0.3 is 6.18 Å². The number of benzene rings is 1. The number of aliphatic hydroxyl groups excluding tert-OH is 1. The lowest BCUT2D eigenvalue weighted by Crippen LogP contribution is -2.30. The summed E-state index contributed by atoms with van der Waals surface area (Å²) in [5.41, 5.74) is -2.28. The molecule has 1 atom stereocenters. The fraction of sp³-hybridized carbons (Fsp3) is 0.222. The highest BCUT2D eigenvalue weighted by Crippen LogP contribution is 2.33. The number of hydrogen-bond acceptors (Lipinski definition) is 6. The van der Waals surface area contributed by atoms with E-state index in [1.807, 2.05) is 5.10 Å². The average molecular weight is 423 g/mol. The molecule has 0 spiro atoms. The van der Waals surface area contributed by atoms with E-state index in [1.165, 1.54) is 7.11 Å². The molecule has 0 bridgehead atoms. The highest BCUT2D eigenvalue weighted by molar-refractivity contribution is 5.95. The minimum atomic E-state index is -4.93. The minimum Gasteiger partial charge on any atom is -0.497 e. The van der Waals surface area contributed by atoms with Gasteiger partial charge in [-0.15, -0.1) is 0 Å². The van der Waals surface area contributed by atoms with Crippen LogP contribution in [-0.4, -0.2) is 44.6 Å². The molecule has 30 heavy (non-hydrogen) atoms. The molecule has 1 amide bonds. The number of carbonyl (C=O) groups excluding carboxylic acids is 1. The van der Waals surface area contributed by atoms with Gasteiger partial charge in [-0.2, -0.15) is 23.4 Å². The summed E-state index contributed by atoms with van der Waals surface area (Å²) in [5.74, 6) is -0.835. The average Bonchev–Trinajstić information content (AvgIpc) is 3.18. The van der Waals surface area contributed by atoms with E-state index < -0.39 is 35.0 Å².